The highest BCUT2D eigenvalue weighted by molar-refractivity contribution is 5.91. The number of carbonyl (C=O) groups is 1. The largest absolute Gasteiger partial charge is 0.508 e. The number of nitrogens with one attached hydrogen (secondary N) is 1. The molecule has 0 fully saturated rings. The average Bonchev–Trinajstić information content (AvgIpc) is 2.92. The molecule has 0 saturated carbocycles. The van der Waals surface area contributed by atoms with Gasteiger partial charge in [-0.1, -0.05) is 13.8 Å². The highest BCUT2D eigenvalue weighted by atomic mass is 16.3. The first-order chi connectivity index (χ1) is 9.97. The summed E-state index contributed by atoms with van der Waals surface area (Å²) in [5, 5.41) is 16.9. The number of aromatic nitrogens is 2. The second kappa shape index (κ2) is 6.43. The van der Waals surface area contributed by atoms with E-state index in [1.165, 1.54) is 0 Å². The van der Waals surface area contributed by atoms with Gasteiger partial charge in [0.25, 0.3) is 0 Å². The monoisotopic (exact) mass is 287 g/mol. The molecular formula is C16H21N3O2. The summed E-state index contributed by atoms with van der Waals surface area (Å²) in [5.41, 5.74) is 2.44. The van der Waals surface area contributed by atoms with Crippen LogP contribution in [-0.2, 0) is 11.3 Å². The van der Waals surface area contributed by atoms with Crippen molar-refractivity contribution in [3.8, 4) is 5.75 Å². The van der Waals surface area contributed by atoms with Crippen molar-refractivity contribution in [3.63, 3.8) is 0 Å². The SMILES string of the molecule is Cc1cc(O)c(C(C)C)cc1NC(=O)CCn1cccn1. The second-order valence-electron chi connectivity index (χ2n) is 5.45. The Labute approximate surface area is 124 Å². The molecule has 2 N–H and O–H groups in total. The molecule has 1 amide bonds. The molecule has 0 saturated heterocycles. The van der Waals surface area contributed by atoms with Crippen molar-refractivity contribution in [3.05, 3.63) is 41.7 Å². The third-order valence-corrected chi connectivity index (χ3v) is 3.40. The zero-order valence-electron chi connectivity index (χ0n) is 12.6. The number of aromatic hydroxyl groups is 1. The van der Waals surface area contributed by atoms with Crippen LogP contribution < -0.4 is 5.32 Å². The van der Waals surface area contributed by atoms with Crippen LogP contribution in [0.3, 0.4) is 0 Å². The Balaban J connectivity index is 2.04. The minimum Gasteiger partial charge on any atom is -0.508 e. The summed E-state index contributed by atoms with van der Waals surface area (Å²) in [7, 11) is 0. The number of nitrogens with zero attached hydrogens (tertiary/aromatic N) is 2. The van der Waals surface area contributed by atoms with Gasteiger partial charge in [-0.25, -0.2) is 0 Å². The molecule has 0 bridgehead atoms. The smallest absolute Gasteiger partial charge is 0.226 e. The Morgan fingerprint density at radius 3 is 2.81 bits per heavy atom. The Morgan fingerprint density at radius 2 is 2.19 bits per heavy atom. The molecule has 112 valence electrons. The first-order valence-corrected chi connectivity index (χ1v) is 7.08. The summed E-state index contributed by atoms with van der Waals surface area (Å²) in [6.07, 6.45) is 3.88. The molecule has 0 aliphatic carbocycles. The maximum atomic E-state index is 12.0. The van der Waals surface area contributed by atoms with Crippen LogP contribution in [0, 0.1) is 6.92 Å². The maximum absolute atomic E-state index is 12.0. The number of phenols is 1. The van der Waals surface area contributed by atoms with E-state index in [1.54, 1.807) is 16.9 Å². The molecule has 1 aromatic heterocycles. The predicted molar refractivity (Wildman–Crippen MR) is 82.4 cm³/mol. The van der Waals surface area contributed by atoms with Crippen LogP contribution in [0.2, 0.25) is 0 Å². The minimum absolute atomic E-state index is 0.0611. The Morgan fingerprint density at radius 1 is 1.43 bits per heavy atom. The van der Waals surface area contributed by atoms with Crippen molar-refractivity contribution >= 4 is 11.6 Å². The number of aryl methyl sites for hydroxylation is 2. The summed E-state index contributed by atoms with van der Waals surface area (Å²) >= 11 is 0. The highest BCUT2D eigenvalue weighted by Crippen LogP contribution is 2.31. The number of benzene rings is 1. The molecule has 0 atom stereocenters. The van der Waals surface area contributed by atoms with Crippen molar-refractivity contribution in [2.24, 2.45) is 0 Å². The molecule has 1 heterocycles. The minimum atomic E-state index is -0.0611. The number of rotatable bonds is 5. The van der Waals surface area contributed by atoms with E-state index in [0.29, 0.717) is 13.0 Å². The van der Waals surface area contributed by atoms with E-state index in [2.05, 4.69) is 10.4 Å². The average molecular weight is 287 g/mol. The van der Waals surface area contributed by atoms with E-state index in [1.807, 2.05) is 39.1 Å². The Hall–Kier alpha value is -2.30. The molecule has 5 heteroatoms. The van der Waals surface area contributed by atoms with E-state index in [0.717, 1.165) is 16.8 Å². The van der Waals surface area contributed by atoms with Crippen LogP contribution in [0.4, 0.5) is 5.69 Å². The van der Waals surface area contributed by atoms with Crippen LogP contribution >= 0.6 is 0 Å². The lowest BCUT2D eigenvalue weighted by Crippen LogP contribution is -2.15. The van der Waals surface area contributed by atoms with Gasteiger partial charge in [0.15, 0.2) is 0 Å². The molecule has 0 unspecified atom stereocenters. The van der Waals surface area contributed by atoms with Gasteiger partial charge in [0, 0.05) is 31.0 Å². The topological polar surface area (TPSA) is 67.2 Å². The molecule has 0 aliphatic rings. The summed E-state index contributed by atoms with van der Waals surface area (Å²) < 4.78 is 1.73. The quantitative estimate of drug-likeness (QED) is 0.831. The Kier molecular flexibility index (Phi) is 4.62. The van der Waals surface area contributed by atoms with Gasteiger partial charge < -0.3 is 10.4 Å². The van der Waals surface area contributed by atoms with E-state index in [4.69, 9.17) is 0 Å². The van der Waals surface area contributed by atoms with Gasteiger partial charge in [0.1, 0.15) is 5.75 Å². The van der Waals surface area contributed by atoms with Crippen molar-refractivity contribution in [2.75, 3.05) is 5.32 Å². The highest BCUT2D eigenvalue weighted by Gasteiger charge is 2.12. The fraction of sp³-hybridized carbons (Fsp3) is 0.375. The zero-order chi connectivity index (χ0) is 15.4. The van der Waals surface area contributed by atoms with Gasteiger partial charge in [-0.15, -0.1) is 0 Å². The maximum Gasteiger partial charge on any atom is 0.226 e. The number of hydrogen-bond acceptors (Lipinski definition) is 3. The standard InChI is InChI=1S/C16H21N3O2/c1-11(2)13-10-14(12(3)9-15(13)20)18-16(21)5-8-19-7-4-6-17-19/h4,6-7,9-11,20H,5,8H2,1-3H3,(H,18,21). The van der Waals surface area contributed by atoms with Crippen molar-refractivity contribution in [1.29, 1.82) is 0 Å². The lowest BCUT2D eigenvalue weighted by atomic mass is 9.99. The molecule has 2 rings (SSSR count). The van der Waals surface area contributed by atoms with Crippen molar-refractivity contribution in [2.45, 2.75) is 39.7 Å². The lowest BCUT2D eigenvalue weighted by Gasteiger charge is -2.14. The number of amides is 1. The Bertz CT molecular complexity index is 619. The molecule has 0 radical (unpaired) electrons. The van der Waals surface area contributed by atoms with E-state index >= 15 is 0 Å². The van der Waals surface area contributed by atoms with Gasteiger partial charge in [0.2, 0.25) is 5.91 Å². The molecule has 2 aromatic rings. The predicted octanol–water partition coefficient (Wildman–Crippen LogP) is 3.05. The summed E-state index contributed by atoms with van der Waals surface area (Å²) in [5.74, 6) is 0.413. The molecule has 0 aliphatic heterocycles. The number of carbonyl (C=O) groups excluding carboxylic acids is 1. The van der Waals surface area contributed by atoms with E-state index < -0.39 is 0 Å². The van der Waals surface area contributed by atoms with Crippen LogP contribution in [0.25, 0.3) is 0 Å². The van der Waals surface area contributed by atoms with Crippen LogP contribution in [-0.4, -0.2) is 20.8 Å². The van der Waals surface area contributed by atoms with Gasteiger partial charge >= 0.3 is 0 Å². The third kappa shape index (κ3) is 3.84. The van der Waals surface area contributed by atoms with Crippen LogP contribution in [0.1, 0.15) is 37.3 Å². The number of phenolic OH excluding ortho intramolecular Hbond substituents is 1. The van der Waals surface area contributed by atoms with Crippen molar-refractivity contribution < 1.29 is 9.90 Å². The molecule has 1 aromatic carbocycles. The number of hydrogen-bond donors (Lipinski definition) is 2. The van der Waals surface area contributed by atoms with Crippen molar-refractivity contribution in [1.82, 2.24) is 9.78 Å². The molecule has 21 heavy (non-hydrogen) atoms. The van der Waals surface area contributed by atoms with Gasteiger partial charge in [-0.05, 0) is 42.2 Å². The van der Waals surface area contributed by atoms with E-state index in [-0.39, 0.29) is 17.6 Å². The molecular weight excluding hydrogens is 266 g/mol. The molecule has 5 nitrogen and oxygen atoms in total. The second-order valence-corrected chi connectivity index (χ2v) is 5.45. The first kappa shape index (κ1) is 15.1. The van der Waals surface area contributed by atoms with Crippen LogP contribution in [0.15, 0.2) is 30.6 Å². The number of anilines is 1. The fourth-order valence-corrected chi connectivity index (χ4v) is 2.17. The van der Waals surface area contributed by atoms with Gasteiger partial charge in [-0.2, -0.15) is 5.10 Å². The fourth-order valence-electron chi connectivity index (χ4n) is 2.17. The van der Waals surface area contributed by atoms with Gasteiger partial charge in [0.05, 0.1) is 0 Å². The summed E-state index contributed by atoms with van der Waals surface area (Å²) in [6.45, 7) is 6.43. The first-order valence-electron chi connectivity index (χ1n) is 7.08. The zero-order valence-corrected chi connectivity index (χ0v) is 12.6. The summed E-state index contributed by atoms with van der Waals surface area (Å²) in [6, 6.07) is 5.37. The molecule has 0 spiro atoms. The third-order valence-electron chi connectivity index (χ3n) is 3.40. The lowest BCUT2D eigenvalue weighted by molar-refractivity contribution is -0.116. The normalized spacial score (nSPS) is 10.9. The van der Waals surface area contributed by atoms with Crippen LogP contribution in [0.5, 0.6) is 5.75 Å². The van der Waals surface area contributed by atoms with Gasteiger partial charge in [-0.3, -0.25) is 9.48 Å². The summed E-state index contributed by atoms with van der Waals surface area (Å²) in [4.78, 5) is 12.0. The van der Waals surface area contributed by atoms with E-state index in [9.17, 15) is 9.90 Å².